The van der Waals surface area contributed by atoms with Crippen LogP contribution in [-0.4, -0.2) is 22.6 Å². The summed E-state index contributed by atoms with van der Waals surface area (Å²) in [5.41, 5.74) is 5.97. The van der Waals surface area contributed by atoms with E-state index in [0.717, 1.165) is 12.8 Å². The van der Waals surface area contributed by atoms with Gasteiger partial charge in [0.1, 0.15) is 11.6 Å². The highest BCUT2D eigenvalue weighted by atomic mass is 16.6. The minimum Gasteiger partial charge on any atom is -0.492 e. The predicted octanol–water partition coefficient (Wildman–Crippen LogP) is 2.20. The van der Waals surface area contributed by atoms with Gasteiger partial charge in [-0.25, -0.2) is 0 Å². The molecule has 7 nitrogen and oxygen atoms in total. The number of nitrogens with two attached hydrogens (primary N) is 1. The van der Waals surface area contributed by atoms with Crippen LogP contribution in [0.2, 0.25) is 0 Å². The van der Waals surface area contributed by atoms with Crippen molar-refractivity contribution < 1.29 is 14.9 Å². The summed E-state index contributed by atoms with van der Waals surface area (Å²) in [5, 5.41) is 22.4. The molecule has 1 saturated carbocycles. The third-order valence-electron chi connectivity index (χ3n) is 3.63. The molecule has 1 aliphatic rings. The van der Waals surface area contributed by atoms with Gasteiger partial charge in [0.2, 0.25) is 0 Å². The Balaban J connectivity index is 2.05. The van der Waals surface area contributed by atoms with Gasteiger partial charge in [0.25, 0.3) is 5.69 Å². The third kappa shape index (κ3) is 2.98. The first-order valence-electron chi connectivity index (χ1n) is 6.31. The van der Waals surface area contributed by atoms with Crippen molar-refractivity contribution in [1.82, 2.24) is 0 Å². The van der Waals surface area contributed by atoms with Gasteiger partial charge in [0.15, 0.2) is 0 Å². The monoisotopic (exact) mass is 279 g/mol. The van der Waals surface area contributed by atoms with Crippen molar-refractivity contribution in [2.45, 2.75) is 26.2 Å². The second kappa shape index (κ2) is 5.36. The molecule has 1 aromatic rings. The summed E-state index contributed by atoms with van der Waals surface area (Å²) in [6.07, 6.45) is 2.35. The molecule has 0 unspecified atom stereocenters. The maximum absolute atomic E-state index is 10.9. The van der Waals surface area contributed by atoms with E-state index in [2.05, 4.69) is 5.16 Å². The quantitative estimate of drug-likeness (QED) is 0.272. The fraction of sp³-hybridized carbons (Fsp3) is 0.462. The van der Waals surface area contributed by atoms with Gasteiger partial charge in [-0.15, -0.1) is 0 Å². The number of nitrogens with zero attached hydrogens (tertiary/aromatic N) is 2. The molecule has 0 aliphatic heterocycles. The number of hydrogen-bond acceptors (Lipinski definition) is 5. The Morgan fingerprint density at radius 3 is 2.85 bits per heavy atom. The van der Waals surface area contributed by atoms with Crippen molar-refractivity contribution in [1.29, 1.82) is 0 Å². The molecule has 0 atom stereocenters. The lowest BCUT2D eigenvalue weighted by molar-refractivity contribution is -0.385. The van der Waals surface area contributed by atoms with E-state index in [0.29, 0.717) is 24.3 Å². The van der Waals surface area contributed by atoms with E-state index in [1.165, 1.54) is 6.07 Å². The molecule has 2 rings (SSSR count). The van der Waals surface area contributed by atoms with Crippen molar-refractivity contribution in [3.8, 4) is 5.75 Å². The largest absolute Gasteiger partial charge is 0.492 e. The number of nitro benzene ring substituents is 1. The van der Waals surface area contributed by atoms with Gasteiger partial charge in [0, 0.05) is 17.9 Å². The first kappa shape index (κ1) is 14.1. The zero-order chi connectivity index (χ0) is 14.8. The van der Waals surface area contributed by atoms with Gasteiger partial charge >= 0.3 is 0 Å². The van der Waals surface area contributed by atoms with Crippen molar-refractivity contribution in [3.05, 3.63) is 33.9 Å². The van der Waals surface area contributed by atoms with Crippen LogP contribution < -0.4 is 10.5 Å². The normalized spacial score (nSPS) is 16.8. The summed E-state index contributed by atoms with van der Waals surface area (Å²) in [6.45, 7) is 2.07. The second-order valence-electron chi connectivity index (χ2n) is 5.21. The minimum absolute atomic E-state index is 0.0452. The molecule has 20 heavy (non-hydrogen) atoms. The fourth-order valence-corrected chi connectivity index (χ4v) is 2.16. The van der Waals surface area contributed by atoms with Crippen LogP contribution in [0.25, 0.3) is 0 Å². The predicted molar refractivity (Wildman–Crippen MR) is 73.0 cm³/mol. The third-order valence-corrected chi connectivity index (χ3v) is 3.63. The van der Waals surface area contributed by atoms with E-state index in [1.807, 2.05) is 0 Å². The number of oxime groups is 1. The lowest BCUT2D eigenvalue weighted by Crippen LogP contribution is -2.22. The highest BCUT2D eigenvalue weighted by molar-refractivity contribution is 5.80. The number of ether oxygens (including phenoxy) is 1. The summed E-state index contributed by atoms with van der Waals surface area (Å²) in [7, 11) is 0. The Bertz CT molecular complexity index is 553. The smallest absolute Gasteiger partial charge is 0.276 e. The van der Waals surface area contributed by atoms with Crippen LogP contribution in [0.15, 0.2) is 23.4 Å². The lowest BCUT2D eigenvalue weighted by Gasteiger charge is -2.16. The average molecular weight is 279 g/mol. The fourth-order valence-electron chi connectivity index (χ4n) is 2.16. The molecule has 108 valence electrons. The molecule has 1 fully saturated rings. The number of benzene rings is 1. The summed E-state index contributed by atoms with van der Waals surface area (Å²) in [4.78, 5) is 10.4. The molecule has 0 amide bonds. The maximum atomic E-state index is 10.9. The van der Waals surface area contributed by atoms with Gasteiger partial charge in [0.05, 0.1) is 17.1 Å². The van der Waals surface area contributed by atoms with Crippen LogP contribution in [0.5, 0.6) is 5.75 Å². The molecule has 0 saturated heterocycles. The van der Waals surface area contributed by atoms with Gasteiger partial charge < -0.3 is 15.7 Å². The summed E-state index contributed by atoms with van der Waals surface area (Å²) in [5.74, 6) is 0.687. The van der Waals surface area contributed by atoms with Crippen LogP contribution in [0, 0.1) is 22.5 Å². The summed E-state index contributed by atoms with van der Waals surface area (Å²) in [6, 6.07) is 4.76. The molecule has 0 bridgehead atoms. The standard InChI is InChI=1S/C13H17N3O4/c1-9-10(16(18)19)3-2-4-11(9)20-8-13(5-6-13)7-12(14)15-17/h2-4,17H,5-8H2,1H3,(H2,14,15). The molecule has 0 radical (unpaired) electrons. The van der Waals surface area contributed by atoms with Crippen molar-refractivity contribution >= 4 is 11.5 Å². The molecule has 1 aromatic carbocycles. The van der Waals surface area contributed by atoms with E-state index < -0.39 is 4.92 Å². The van der Waals surface area contributed by atoms with Gasteiger partial charge in [-0.2, -0.15) is 0 Å². The number of amidine groups is 1. The Hall–Kier alpha value is -2.31. The van der Waals surface area contributed by atoms with Crippen LogP contribution in [0.3, 0.4) is 0 Å². The molecule has 7 heteroatoms. The van der Waals surface area contributed by atoms with E-state index in [1.54, 1.807) is 19.1 Å². The topological polar surface area (TPSA) is 111 Å². The van der Waals surface area contributed by atoms with Gasteiger partial charge in [-0.05, 0) is 25.8 Å². The Morgan fingerprint density at radius 2 is 2.30 bits per heavy atom. The Kier molecular flexibility index (Phi) is 3.78. The van der Waals surface area contributed by atoms with Crippen molar-refractivity contribution in [2.24, 2.45) is 16.3 Å². The minimum atomic E-state index is -0.425. The number of hydrogen-bond donors (Lipinski definition) is 2. The Labute approximate surface area is 116 Å². The lowest BCUT2D eigenvalue weighted by atomic mass is 10.0. The van der Waals surface area contributed by atoms with Gasteiger partial charge in [-0.1, -0.05) is 11.2 Å². The maximum Gasteiger partial charge on any atom is 0.276 e. The van der Waals surface area contributed by atoms with Crippen LogP contribution >= 0.6 is 0 Å². The van der Waals surface area contributed by atoms with E-state index in [9.17, 15) is 10.1 Å². The molecular formula is C13H17N3O4. The second-order valence-corrected chi connectivity index (χ2v) is 5.21. The first-order chi connectivity index (χ1) is 9.47. The van der Waals surface area contributed by atoms with E-state index in [-0.39, 0.29) is 16.9 Å². The summed E-state index contributed by atoms with van der Waals surface area (Å²) >= 11 is 0. The Morgan fingerprint density at radius 1 is 1.60 bits per heavy atom. The zero-order valence-corrected chi connectivity index (χ0v) is 11.2. The van der Waals surface area contributed by atoms with Crippen molar-refractivity contribution in [2.75, 3.05) is 6.61 Å². The highest BCUT2D eigenvalue weighted by Gasteiger charge is 2.44. The SMILES string of the molecule is Cc1c(OCC2(CC(N)=NO)CC2)cccc1[N+](=O)[O-]. The van der Waals surface area contributed by atoms with Crippen molar-refractivity contribution in [3.63, 3.8) is 0 Å². The summed E-state index contributed by atoms with van der Waals surface area (Å²) < 4.78 is 5.70. The molecule has 1 aliphatic carbocycles. The van der Waals surface area contributed by atoms with E-state index in [4.69, 9.17) is 15.7 Å². The average Bonchev–Trinajstić information content (AvgIpc) is 3.17. The molecular weight excluding hydrogens is 262 g/mol. The van der Waals surface area contributed by atoms with Gasteiger partial charge in [-0.3, -0.25) is 10.1 Å². The van der Waals surface area contributed by atoms with Crippen LogP contribution in [0.4, 0.5) is 5.69 Å². The van der Waals surface area contributed by atoms with Crippen LogP contribution in [0.1, 0.15) is 24.8 Å². The van der Waals surface area contributed by atoms with Crippen LogP contribution in [-0.2, 0) is 0 Å². The molecule has 3 N–H and O–H groups in total. The zero-order valence-electron chi connectivity index (χ0n) is 11.2. The number of nitro groups is 1. The van der Waals surface area contributed by atoms with E-state index >= 15 is 0 Å². The molecule has 0 aromatic heterocycles. The molecule has 0 heterocycles. The highest BCUT2D eigenvalue weighted by Crippen LogP contribution is 2.49. The molecule has 0 spiro atoms. The number of rotatable bonds is 6. The first-order valence-corrected chi connectivity index (χ1v) is 6.31.